The molecule has 3 nitrogen and oxygen atoms in total. The highest BCUT2D eigenvalue weighted by molar-refractivity contribution is 9.11. The summed E-state index contributed by atoms with van der Waals surface area (Å²) in [6.07, 6.45) is 7.55. The maximum Gasteiger partial charge on any atom is 0.323 e. The Labute approximate surface area is 135 Å². The van der Waals surface area contributed by atoms with E-state index < -0.39 is 0 Å². The zero-order valence-electron chi connectivity index (χ0n) is 11.6. The Bertz CT molecular complexity index is 618. The first-order valence-electron chi connectivity index (χ1n) is 7.17. The smallest absolute Gasteiger partial charge is 0.306 e. The van der Waals surface area contributed by atoms with Gasteiger partial charge in [0.2, 0.25) is 0 Å². The van der Waals surface area contributed by atoms with Crippen molar-refractivity contribution in [2.75, 3.05) is 0 Å². The van der Waals surface area contributed by atoms with Crippen molar-refractivity contribution in [3.05, 3.63) is 32.7 Å². The molecule has 0 aliphatic rings. The summed E-state index contributed by atoms with van der Waals surface area (Å²) in [4.78, 5) is 17.2. The van der Waals surface area contributed by atoms with Crippen LogP contribution in [0.2, 0.25) is 0 Å². The second-order valence-corrected chi connectivity index (χ2v) is 7.13. The lowest BCUT2D eigenvalue weighted by molar-refractivity contribution is 0.606. The molecule has 1 heterocycles. The molecule has 0 saturated heterocycles. The molecular weight excluding hydrogens is 384 g/mol. The Kier molecular flexibility index (Phi) is 5.90. The Morgan fingerprint density at radius 3 is 2.45 bits per heavy atom. The van der Waals surface area contributed by atoms with Crippen molar-refractivity contribution < 1.29 is 0 Å². The number of nitrogens with one attached hydrogen (secondary N) is 2. The van der Waals surface area contributed by atoms with Crippen LogP contribution >= 0.6 is 31.9 Å². The Balaban J connectivity index is 2.03. The molecule has 0 aliphatic heterocycles. The number of imidazole rings is 1. The number of unbranched alkanes of at least 4 members (excludes halogenated alkanes) is 4. The third kappa shape index (κ3) is 3.98. The van der Waals surface area contributed by atoms with Crippen LogP contribution in [0.15, 0.2) is 21.4 Å². The SMILES string of the molecule is CCCCCCCC(Br)c1cc2[nH]c(=O)[nH]c2cc1Br. The zero-order chi connectivity index (χ0) is 14.5. The summed E-state index contributed by atoms with van der Waals surface area (Å²) in [7, 11) is 0. The van der Waals surface area contributed by atoms with Gasteiger partial charge >= 0.3 is 5.69 Å². The van der Waals surface area contributed by atoms with Crippen molar-refractivity contribution >= 4 is 42.9 Å². The quantitative estimate of drug-likeness (QED) is 0.470. The number of halogens is 2. The summed E-state index contributed by atoms with van der Waals surface area (Å²) < 4.78 is 1.04. The van der Waals surface area contributed by atoms with E-state index in [2.05, 4.69) is 48.8 Å². The molecule has 1 aromatic carbocycles. The second-order valence-electron chi connectivity index (χ2n) is 5.17. The standard InChI is InChI=1S/C15H20Br2N2O/c1-2-3-4-5-6-7-11(16)10-8-13-14(9-12(10)17)19-15(20)18-13/h8-9,11H,2-7H2,1H3,(H2,18,19,20). The van der Waals surface area contributed by atoms with E-state index in [0.717, 1.165) is 21.9 Å². The van der Waals surface area contributed by atoms with Crippen molar-refractivity contribution in [3.63, 3.8) is 0 Å². The summed E-state index contributed by atoms with van der Waals surface area (Å²) in [5.74, 6) is 0. The first kappa shape index (κ1) is 15.8. The van der Waals surface area contributed by atoms with Crippen molar-refractivity contribution in [3.8, 4) is 0 Å². The molecule has 0 spiro atoms. The number of aromatic amines is 2. The molecule has 0 fully saturated rings. The summed E-state index contributed by atoms with van der Waals surface area (Å²) in [6, 6.07) is 4.01. The van der Waals surface area contributed by atoms with Gasteiger partial charge in [0, 0.05) is 9.30 Å². The van der Waals surface area contributed by atoms with Crippen LogP contribution in [0.3, 0.4) is 0 Å². The van der Waals surface area contributed by atoms with Gasteiger partial charge in [0.1, 0.15) is 0 Å². The van der Waals surface area contributed by atoms with Gasteiger partial charge in [-0.1, -0.05) is 70.9 Å². The van der Waals surface area contributed by atoms with Gasteiger partial charge in [-0.3, -0.25) is 0 Å². The predicted molar refractivity (Wildman–Crippen MR) is 91.7 cm³/mol. The average Bonchev–Trinajstić information content (AvgIpc) is 2.76. The summed E-state index contributed by atoms with van der Waals surface area (Å²) in [5.41, 5.74) is 2.75. The van der Waals surface area contributed by atoms with Crippen LogP contribution in [-0.4, -0.2) is 9.97 Å². The molecule has 0 radical (unpaired) electrons. The fourth-order valence-corrected chi connectivity index (χ4v) is 4.02. The molecule has 0 bridgehead atoms. The molecule has 0 saturated carbocycles. The number of hydrogen-bond donors (Lipinski definition) is 2. The summed E-state index contributed by atoms with van der Waals surface area (Å²) in [5, 5.41) is 0. The highest BCUT2D eigenvalue weighted by atomic mass is 79.9. The first-order chi connectivity index (χ1) is 9.61. The van der Waals surface area contributed by atoms with Crippen LogP contribution in [0.4, 0.5) is 0 Å². The van der Waals surface area contributed by atoms with E-state index in [-0.39, 0.29) is 5.69 Å². The van der Waals surface area contributed by atoms with E-state index in [1.165, 1.54) is 37.7 Å². The lowest BCUT2D eigenvalue weighted by Crippen LogP contribution is -1.99. The van der Waals surface area contributed by atoms with Crippen LogP contribution in [0, 0.1) is 0 Å². The van der Waals surface area contributed by atoms with Crippen molar-refractivity contribution in [1.82, 2.24) is 9.97 Å². The molecule has 2 rings (SSSR count). The maximum absolute atomic E-state index is 11.3. The first-order valence-corrected chi connectivity index (χ1v) is 8.88. The molecule has 20 heavy (non-hydrogen) atoms. The number of benzene rings is 1. The number of hydrogen-bond acceptors (Lipinski definition) is 1. The van der Waals surface area contributed by atoms with E-state index in [0.29, 0.717) is 4.83 Å². The number of aromatic nitrogens is 2. The van der Waals surface area contributed by atoms with E-state index in [1.54, 1.807) is 0 Å². The average molecular weight is 404 g/mol. The van der Waals surface area contributed by atoms with Gasteiger partial charge < -0.3 is 9.97 Å². The van der Waals surface area contributed by atoms with E-state index in [1.807, 2.05) is 12.1 Å². The second kappa shape index (κ2) is 7.46. The highest BCUT2D eigenvalue weighted by Crippen LogP contribution is 2.35. The molecular formula is C15H20Br2N2O. The Hall–Kier alpha value is -0.550. The minimum absolute atomic E-state index is 0.158. The molecule has 2 N–H and O–H groups in total. The third-order valence-corrected chi connectivity index (χ3v) is 5.17. The minimum atomic E-state index is -0.158. The van der Waals surface area contributed by atoms with Crippen LogP contribution in [0.5, 0.6) is 0 Å². The molecule has 0 aliphatic carbocycles. The normalized spacial score (nSPS) is 12.9. The number of rotatable bonds is 7. The molecule has 1 aromatic heterocycles. The van der Waals surface area contributed by atoms with Crippen molar-refractivity contribution in [2.45, 2.75) is 50.3 Å². The Morgan fingerprint density at radius 2 is 1.75 bits per heavy atom. The van der Waals surface area contributed by atoms with Gasteiger partial charge in [0.15, 0.2) is 0 Å². The molecule has 110 valence electrons. The van der Waals surface area contributed by atoms with Crippen LogP contribution in [-0.2, 0) is 0 Å². The fraction of sp³-hybridized carbons (Fsp3) is 0.533. The number of fused-ring (bicyclic) bond motifs is 1. The molecule has 0 amide bonds. The predicted octanol–water partition coefficient (Wildman–Crippen LogP) is 5.42. The maximum atomic E-state index is 11.3. The van der Waals surface area contributed by atoms with Gasteiger partial charge in [-0.2, -0.15) is 0 Å². The minimum Gasteiger partial charge on any atom is -0.306 e. The monoisotopic (exact) mass is 402 g/mol. The van der Waals surface area contributed by atoms with Gasteiger partial charge in [-0.15, -0.1) is 0 Å². The number of alkyl halides is 1. The van der Waals surface area contributed by atoms with Gasteiger partial charge in [-0.05, 0) is 24.1 Å². The van der Waals surface area contributed by atoms with Crippen LogP contribution in [0.1, 0.15) is 55.8 Å². The molecule has 1 unspecified atom stereocenters. The lowest BCUT2D eigenvalue weighted by Gasteiger charge is -2.12. The largest absolute Gasteiger partial charge is 0.323 e. The van der Waals surface area contributed by atoms with Gasteiger partial charge in [0.25, 0.3) is 0 Å². The van der Waals surface area contributed by atoms with Gasteiger partial charge in [0.05, 0.1) is 11.0 Å². The van der Waals surface area contributed by atoms with Crippen LogP contribution in [0.25, 0.3) is 11.0 Å². The Morgan fingerprint density at radius 1 is 1.10 bits per heavy atom. The summed E-state index contributed by atoms with van der Waals surface area (Å²) in [6.45, 7) is 2.23. The summed E-state index contributed by atoms with van der Waals surface area (Å²) >= 11 is 7.36. The molecule has 1 atom stereocenters. The third-order valence-electron chi connectivity index (χ3n) is 3.53. The number of H-pyrrole nitrogens is 2. The topological polar surface area (TPSA) is 48.6 Å². The van der Waals surface area contributed by atoms with Gasteiger partial charge in [-0.25, -0.2) is 4.79 Å². The lowest BCUT2D eigenvalue weighted by atomic mass is 10.0. The zero-order valence-corrected chi connectivity index (χ0v) is 14.8. The van der Waals surface area contributed by atoms with E-state index in [9.17, 15) is 4.79 Å². The highest BCUT2D eigenvalue weighted by Gasteiger charge is 2.13. The van der Waals surface area contributed by atoms with E-state index >= 15 is 0 Å². The fourth-order valence-electron chi connectivity index (χ4n) is 2.40. The van der Waals surface area contributed by atoms with Crippen molar-refractivity contribution in [1.29, 1.82) is 0 Å². The van der Waals surface area contributed by atoms with E-state index in [4.69, 9.17) is 0 Å². The molecule has 2 aromatic rings. The van der Waals surface area contributed by atoms with Crippen molar-refractivity contribution in [2.24, 2.45) is 0 Å². The molecule has 5 heteroatoms. The van der Waals surface area contributed by atoms with Crippen LogP contribution < -0.4 is 5.69 Å².